The number of hydrogen-bond donors (Lipinski definition) is 0. The van der Waals surface area contributed by atoms with Gasteiger partial charge in [-0.2, -0.15) is 0 Å². The van der Waals surface area contributed by atoms with Crippen LogP contribution in [0, 0.1) is 11.8 Å². The van der Waals surface area contributed by atoms with Gasteiger partial charge < -0.3 is 9.47 Å². The van der Waals surface area contributed by atoms with Crippen LogP contribution in [0.25, 0.3) is 0 Å². The van der Waals surface area contributed by atoms with Gasteiger partial charge in [0.15, 0.2) is 0 Å². The molecule has 0 aromatic carbocycles. The van der Waals surface area contributed by atoms with E-state index < -0.39 is 23.9 Å². The Kier molecular flexibility index (Phi) is 3.74. The molecule has 0 aromatic heterocycles. The highest BCUT2D eigenvalue weighted by molar-refractivity contribution is 5.95. The summed E-state index contributed by atoms with van der Waals surface area (Å²) in [5, 5.41) is 0. The van der Waals surface area contributed by atoms with Crippen molar-refractivity contribution in [2.24, 2.45) is 11.8 Å². The first kappa shape index (κ1) is 12.7. The fourth-order valence-corrected chi connectivity index (χ4v) is 2.26. The Hall–Kier alpha value is -1.72. The Balaban J connectivity index is 1.64. The smallest absolute Gasteiger partial charge is 0.317 e. The third kappa shape index (κ3) is 2.94. The molecule has 0 spiro atoms. The molecule has 0 aliphatic carbocycles. The number of ether oxygens (including phenoxy) is 2. The first-order valence-electron chi connectivity index (χ1n) is 6.05. The van der Waals surface area contributed by atoms with E-state index in [9.17, 15) is 19.2 Å². The van der Waals surface area contributed by atoms with Crippen molar-refractivity contribution < 1.29 is 28.7 Å². The zero-order chi connectivity index (χ0) is 13.1. The van der Waals surface area contributed by atoms with Crippen molar-refractivity contribution in [3.8, 4) is 0 Å². The summed E-state index contributed by atoms with van der Waals surface area (Å²) in [6.07, 6.45) is 2.93. The van der Waals surface area contributed by atoms with Gasteiger partial charge in [-0.1, -0.05) is 12.8 Å². The van der Waals surface area contributed by atoms with Crippen LogP contribution in [0.5, 0.6) is 0 Å². The standard InChI is InChI=1S/C12H14O6/c13-9-5-7(11(15)17-9)3-1-2-4-8-6-10(14)18-12(8)16/h7-8H,1-6H2. The second kappa shape index (κ2) is 5.29. The lowest BCUT2D eigenvalue weighted by atomic mass is 9.95. The van der Waals surface area contributed by atoms with Crippen LogP contribution in [-0.2, 0) is 28.7 Å². The lowest BCUT2D eigenvalue weighted by Crippen LogP contribution is -2.09. The number of carbonyl (C=O) groups excluding carboxylic acids is 4. The van der Waals surface area contributed by atoms with Gasteiger partial charge in [0.2, 0.25) is 0 Å². The van der Waals surface area contributed by atoms with Gasteiger partial charge in [0, 0.05) is 0 Å². The second-order valence-corrected chi connectivity index (χ2v) is 4.67. The molecular formula is C12H14O6. The molecule has 0 N–H and O–H groups in total. The van der Waals surface area contributed by atoms with Crippen molar-refractivity contribution >= 4 is 23.9 Å². The molecule has 98 valence electrons. The maximum absolute atomic E-state index is 11.2. The molecule has 2 saturated heterocycles. The minimum absolute atomic E-state index is 0.156. The molecule has 2 fully saturated rings. The first-order chi connectivity index (χ1) is 8.56. The summed E-state index contributed by atoms with van der Waals surface area (Å²) in [7, 11) is 0. The molecule has 0 amide bonds. The summed E-state index contributed by atoms with van der Waals surface area (Å²) in [6, 6.07) is 0. The van der Waals surface area contributed by atoms with Crippen LogP contribution in [0.3, 0.4) is 0 Å². The molecule has 6 nitrogen and oxygen atoms in total. The highest BCUT2D eigenvalue weighted by atomic mass is 16.6. The number of rotatable bonds is 5. The molecule has 2 heterocycles. The van der Waals surface area contributed by atoms with Crippen LogP contribution in [-0.4, -0.2) is 23.9 Å². The van der Waals surface area contributed by atoms with Gasteiger partial charge in [0.25, 0.3) is 0 Å². The largest absolute Gasteiger partial charge is 0.393 e. The second-order valence-electron chi connectivity index (χ2n) is 4.67. The first-order valence-corrected chi connectivity index (χ1v) is 6.05. The van der Waals surface area contributed by atoms with Crippen LogP contribution in [0.15, 0.2) is 0 Å². The summed E-state index contributed by atoms with van der Waals surface area (Å²) in [4.78, 5) is 44.0. The van der Waals surface area contributed by atoms with Crippen molar-refractivity contribution in [1.82, 2.24) is 0 Å². The quantitative estimate of drug-likeness (QED) is 0.408. The van der Waals surface area contributed by atoms with Crippen molar-refractivity contribution in [3.63, 3.8) is 0 Å². The fourth-order valence-electron chi connectivity index (χ4n) is 2.26. The van der Waals surface area contributed by atoms with E-state index in [1.165, 1.54) is 0 Å². The predicted molar refractivity (Wildman–Crippen MR) is 56.9 cm³/mol. The zero-order valence-electron chi connectivity index (χ0n) is 9.85. The summed E-state index contributed by atoms with van der Waals surface area (Å²) in [6.45, 7) is 0. The molecule has 2 atom stereocenters. The molecule has 0 radical (unpaired) electrons. The SMILES string of the molecule is O=C1CC(CCCCC2CC(=O)OC2=O)C(=O)O1. The number of esters is 4. The highest BCUT2D eigenvalue weighted by Gasteiger charge is 2.34. The van der Waals surface area contributed by atoms with Crippen molar-refractivity contribution in [2.45, 2.75) is 38.5 Å². The Morgan fingerprint density at radius 2 is 1.17 bits per heavy atom. The topological polar surface area (TPSA) is 86.7 Å². The summed E-state index contributed by atoms with van der Waals surface area (Å²) in [5.41, 5.74) is 0. The maximum Gasteiger partial charge on any atom is 0.317 e. The van der Waals surface area contributed by atoms with E-state index in [2.05, 4.69) is 9.47 Å². The normalized spacial score (nSPS) is 27.6. The van der Waals surface area contributed by atoms with Gasteiger partial charge >= 0.3 is 23.9 Å². The van der Waals surface area contributed by atoms with Crippen LogP contribution in [0.4, 0.5) is 0 Å². The number of cyclic esters (lactones) is 4. The predicted octanol–water partition coefficient (Wildman–Crippen LogP) is 0.726. The van der Waals surface area contributed by atoms with Crippen LogP contribution in [0.1, 0.15) is 38.5 Å². The molecule has 2 aliphatic rings. The minimum atomic E-state index is -0.463. The van der Waals surface area contributed by atoms with Crippen LogP contribution < -0.4 is 0 Å². The van der Waals surface area contributed by atoms with Gasteiger partial charge in [-0.05, 0) is 12.8 Å². The molecule has 0 aromatic rings. The van der Waals surface area contributed by atoms with Gasteiger partial charge in [0.1, 0.15) is 0 Å². The lowest BCUT2D eigenvalue weighted by Gasteiger charge is -2.06. The summed E-state index contributed by atoms with van der Waals surface area (Å²) >= 11 is 0. The highest BCUT2D eigenvalue weighted by Crippen LogP contribution is 2.25. The molecule has 0 bridgehead atoms. The number of hydrogen-bond acceptors (Lipinski definition) is 6. The minimum Gasteiger partial charge on any atom is -0.393 e. The van der Waals surface area contributed by atoms with Crippen molar-refractivity contribution in [2.75, 3.05) is 0 Å². The molecular weight excluding hydrogens is 240 g/mol. The zero-order valence-corrected chi connectivity index (χ0v) is 9.85. The number of carbonyl (C=O) groups is 4. The molecule has 2 aliphatic heterocycles. The Bertz CT molecular complexity index is 361. The summed E-state index contributed by atoms with van der Waals surface area (Å²) in [5.74, 6) is -2.50. The van der Waals surface area contributed by atoms with Crippen LogP contribution in [0.2, 0.25) is 0 Å². The van der Waals surface area contributed by atoms with Crippen LogP contribution >= 0.6 is 0 Å². The van der Waals surface area contributed by atoms with Crippen molar-refractivity contribution in [1.29, 1.82) is 0 Å². The van der Waals surface area contributed by atoms with E-state index in [1.54, 1.807) is 0 Å². The average Bonchev–Trinajstić information content (AvgIpc) is 2.77. The molecule has 2 unspecified atom stereocenters. The van der Waals surface area contributed by atoms with Gasteiger partial charge in [-0.3, -0.25) is 19.2 Å². The Labute approximate surface area is 104 Å². The Morgan fingerprint density at radius 1 is 0.778 bits per heavy atom. The van der Waals surface area contributed by atoms with E-state index in [0.717, 1.165) is 12.8 Å². The van der Waals surface area contributed by atoms with E-state index in [4.69, 9.17) is 0 Å². The Morgan fingerprint density at radius 3 is 1.44 bits per heavy atom. The van der Waals surface area contributed by atoms with Gasteiger partial charge in [0.05, 0.1) is 24.7 Å². The van der Waals surface area contributed by atoms with Crippen molar-refractivity contribution in [3.05, 3.63) is 0 Å². The van der Waals surface area contributed by atoms with E-state index in [0.29, 0.717) is 12.8 Å². The van der Waals surface area contributed by atoms with E-state index in [-0.39, 0.29) is 24.7 Å². The molecule has 6 heteroatoms. The van der Waals surface area contributed by atoms with E-state index >= 15 is 0 Å². The third-order valence-corrected chi connectivity index (χ3v) is 3.28. The van der Waals surface area contributed by atoms with E-state index in [1.807, 2.05) is 0 Å². The average molecular weight is 254 g/mol. The molecule has 2 rings (SSSR count). The van der Waals surface area contributed by atoms with Gasteiger partial charge in [-0.15, -0.1) is 0 Å². The fraction of sp³-hybridized carbons (Fsp3) is 0.667. The number of unbranched alkanes of at least 4 members (excludes halogenated alkanes) is 1. The third-order valence-electron chi connectivity index (χ3n) is 3.28. The van der Waals surface area contributed by atoms with Gasteiger partial charge in [-0.25, -0.2) is 0 Å². The maximum atomic E-state index is 11.2. The molecule has 18 heavy (non-hydrogen) atoms. The lowest BCUT2D eigenvalue weighted by molar-refractivity contribution is -0.155. The summed E-state index contributed by atoms with van der Waals surface area (Å²) < 4.78 is 8.88. The monoisotopic (exact) mass is 254 g/mol. The molecule has 0 saturated carbocycles.